The molecule has 190 valence electrons. The van der Waals surface area contributed by atoms with Gasteiger partial charge in [-0.05, 0) is 68.1 Å². The maximum Gasteiger partial charge on any atom is 0.245 e. The van der Waals surface area contributed by atoms with Crippen molar-refractivity contribution in [1.29, 1.82) is 0 Å². The second-order valence-electron chi connectivity index (χ2n) is 10.7. The van der Waals surface area contributed by atoms with Crippen molar-refractivity contribution in [2.24, 2.45) is 17.8 Å². The lowest BCUT2D eigenvalue weighted by molar-refractivity contribution is -0.150. The van der Waals surface area contributed by atoms with Gasteiger partial charge in [-0.1, -0.05) is 45.4 Å². The van der Waals surface area contributed by atoms with Gasteiger partial charge in [0.15, 0.2) is 0 Å². The zero-order valence-electron chi connectivity index (χ0n) is 21.3. The van der Waals surface area contributed by atoms with E-state index in [1.54, 1.807) is 0 Å². The van der Waals surface area contributed by atoms with E-state index in [0.717, 1.165) is 38.0 Å². The highest BCUT2D eigenvalue weighted by Gasteiger charge is 2.38. The van der Waals surface area contributed by atoms with Crippen molar-refractivity contribution in [3.63, 3.8) is 0 Å². The summed E-state index contributed by atoms with van der Waals surface area (Å²) in [5, 5.41) is 4.05. The predicted octanol–water partition coefficient (Wildman–Crippen LogP) is 4.61. The molecule has 2 atom stereocenters. The van der Waals surface area contributed by atoms with E-state index in [1.165, 1.54) is 0 Å². The minimum atomic E-state index is -0.365. The summed E-state index contributed by atoms with van der Waals surface area (Å²) < 4.78 is 5.94. The molecular formula is C27H42ClN3O3. The smallest absolute Gasteiger partial charge is 0.245 e. The van der Waals surface area contributed by atoms with E-state index >= 15 is 0 Å². The highest BCUT2D eigenvalue weighted by atomic mass is 35.5. The summed E-state index contributed by atoms with van der Waals surface area (Å²) in [6, 6.07) is 6.93. The van der Waals surface area contributed by atoms with Gasteiger partial charge < -0.3 is 19.9 Å². The van der Waals surface area contributed by atoms with Crippen LogP contribution in [-0.4, -0.2) is 66.5 Å². The van der Waals surface area contributed by atoms with Gasteiger partial charge in [0.1, 0.15) is 11.8 Å². The maximum atomic E-state index is 13.6. The van der Waals surface area contributed by atoms with Crippen molar-refractivity contribution in [1.82, 2.24) is 15.1 Å². The quantitative estimate of drug-likeness (QED) is 0.519. The lowest BCUT2D eigenvalue weighted by Gasteiger charge is -2.42. The van der Waals surface area contributed by atoms with Crippen LogP contribution in [0.15, 0.2) is 24.3 Å². The average molecular weight is 492 g/mol. The summed E-state index contributed by atoms with van der Waals surface area (Å²) in [6.07, 6.45) is 4.36. The van der Waals surface area contributed by atoms with Crippen LogP contribution < -0.4 is 10.1 Å². The van der Waals surface area contributed by atoms with E-state index in [0.29, 0.717) is 55.4 Å². The normalized spacial score (nSPS) is 20.8. The number of hydrogen-bond acceptors (Lipinski definition) is 4. The third-order valence-corrected chi connectivity index (χ3v) is 7.16. The van der Waals surface area contributed by atoms with Crippen LogP contribution in [0.4, 0.5) is 0 Å². The fraction of sp³-hybridized carbons (Fsp3) is 0.704. The van der Waals surface area contributed by atoms with E-state index < -0.39 is 0 Å². The third-order valence-electron chi connectivity index (χ3n) is 6.92. The number of rotatable bonds is 10. The average Bonchev–Trinajstić information content (AvgIpc) is 2.80. The van der Waals surface area contributed by atoms with Crippen molar-refractivity contribution in [2.75, 3.05) is 32.8 Å². The summed E-state index contributed by atoms with van der Waals surface area (Å²) in [5.74, 6) is 2.30. The number of carbonyl (C=O) groups excluding carboxylic acids is 2. The summed E-state index contributed by atoms with van der Waals surface area (Å²) in [5.41, 5.74) is 0. The molecule has 2 aliphatic heterocycles. The highest BCUT2D eigenvalue weighted by molar-refractivity contribution is 6.30. The summed E-state index contributed by atoms with van der Waals surface area (Å²) in [4.78, 5) is 30.8. The van der Waals surface area contributed by atoms with Crippen LogP contribution in [0.1, 0.15) is 59.8 Å². The predicted molar refractivity (Wildman–Crippen MR) is 137 cm³/mol. The fourth-order valence-corrected chi connectivity index (χ4v) is 5.08. The summed E-state index contributed by atoms with van der Waals surface area (Å²) in [6.45, 7) is 12.0. The van der Waals surface area contributed by atoms with Crippen molar-refractivity contribution in [2.45, 2.75) is 71.9 Å². The molecule has 0 unspecified atom stereocenters. The van der Waals surface area contributed by atoms with Crippen molar-refractivity contribution < 1.29 is 14.3 Å². The summed E-state index contributed by atoms with van der Waals surface area (Å²) >= 11 is 6.04. The van der Waals surface area contributed by atoms with E-state index in [9.17, 15) is 9.59 Å². The molecule has 2 amide bonds. The molecule has 2 heterocycles. The van der Waals surface area contributed by atoms with Crippen LogP contribution in [0.3, 0.4) is 0 Å². The van der Waals surface area contributed by atoms with Crippen LogP contribution >= 0.6 is 11.6 Å². The van der Waals surface area contributed by atoms with Gasteiger partial charge in [-0.2, -0.15) is 0 Å². The number of carbonyl (C=O) groups is 2. The number of hydrogen-bond donors (Lipinski definition) is 1. The van der Waals surface area contributed by atoms with Gasteiger partial charge in [0, 0.05) is 31.2 Å². The number of piperazine rings is 1. The van der Waals surface area contributed by atoms with Gasteiger partial charge in [-0.15, -0.1) is 0 Å². The second-order valence-corrected chi connectivity index (χ2v) is 11.1. The Morgan fingerprint density at radius 3 is 2.53 bits per heavy atom. The number of likely N-dealkylation sites (tertiary alicyclic amines) is 1. The molecule has 0 aromatic heterocycles. The van der Waals surface area contributed by atoms with Gasteiger partial charge in [0.2, 0.25) is 11.8 Å². The van der Waals surface area contributed by atoms with Crippen molar-refractivity contribution >= 4 is 23.4 Å². The topological polar surface area (TPSA) is 61.9 Å². The Hall–Kier alpha value is -1.79. The standard InChI is InChI=1S/C27H42ClN3O3/c1-19(2)8-9-24-26(32)31(15-12-29-24)25(16-20(3)4)27(33)30-13-10-21(11-14-30)18-34-23-7-5-6-22(28)17-23/h5-7,17,19-21,24-25,29H,8-16,18H2,1-4H3/t24-,25-/m0/s1. The number of piperidine rings is 1. The van der Waals surface area contributed by atoms with E-state index in [-0.39, 0.29) is 23.9 Å². The van der Waals surface area contributed by atoms with Gasteiger partial charge in [0.25, 0.3) is 0 Å². The molecule has 1 N–H and O–H groups in total. The minimum Gasteiger partial charge on any atom is -0.493 e. The molecule has 2 saturated heterocycles. The van der Waals surface area contributed by atoms with Crippen molar-refractivity contribution in [3.8, 4) is 5.75 Å². The molecule has 34 heavy (non-hydrogen) atoms. The molecule has 7 heteroatoms. The molecule has 2 aliphatic rings. The third kappa shape index (κ3) is 7.61. The van der Waals surface area contributed by atoms with E-state index in [1.807, 2.05) is 34.1 Å². The van der Waals surface area contributed by atoms with Gasteiger partial charge in [0.05, 0.1) is 12.6 Å². The van der Waals surface area contributed by atoms with Crippen molar-refractivity contribution in [3.05, 3.63) is 29.3 Å². The number of benzene rings is 1. The lowest BCUT2D eigenvalue weighted by Crippen LogP contribution is -2.62. The van der Waals surface area contributed by atoms with E-state index in [2.05, 4.69) is 33.0 Å². The molecule has 0 spiro atoms. The first kappa shape index (κ1) is 26.8. The molecule has 0 aliphatic carbocycles. The number of nitrogens with zero attached hydrogens (tertiary/aromatic N) is 2. The zero-order chi connectivity index (χ0) is 24.7. The number of amides is 2. The highest BCUT2D eigenvalue weighted by Crippen LogP contribution is 2.25. The summed E-state index contributed by atoms with van der Waals surface area (Å²) in [7, 11) is 0. The van der Waals surface area contributed by atoms with E-state index in [4.69, 9.17) is 16.3 Å². The monoisotopic (exact) mass is 491 g/mol. The Kier molecular flexibility index (Phi) is 10.1. The Morgan fingerprint density at radius 1 is 1.15 bits per heavy atom. The number of ether oxygens (including phenoxy) is 1. The van der Waals surface area contributed by atoms with Crippen LogP contribution in [0.2, 0.25) is 5.02 Å². The second kappa shape index (κ2) is 12.8. The molecule has 6 nitrogen and oxygen atoms in total. The first-order valence-corrected chi connectivity index (χ1v) is 13.3. The van der Waals surface area contributed by atoms with Crippen LogP contribution in [0.25, 0.3) is 0 Å². The molecule has 1 aromatic rings. The Balaban J connectivity index is 1.57. The molecular weight excluding hydrogens is 450 g/mol. The largest absolute Gasteiger partial charge is 0.493 e. The van der Waals surface area contributed by atoms with Crippen LogP contribution in [0.5, 0.6) is 5.75 Å². The Labute approximate surface area is 210 Å². The SMILES string of the molecule is CC(C)CC[C@@H]1NCCN([C@@H](CC(C)C)C(=O)N2CCC(COc3cccc(Cl)c3)CC2)C1=O. The van der Waals surface area contributed by atoms with Gasteiger partial charge >= 0.3 is 0 Å². The first-order chi connectivity index (χ1) is 16.2. The molecule has 0 bridgehead atoms. The Morgan fingerprint density at radius 2 is 1.88 bits per heavy atom. The molecule has 2 fully saturated rings. The number of halogens is 1. The van der Waals surface area contributed by atoms with Gasteiger partial charge in [-0.25, -0.2) is 0 Å². The number of nitrogens with one attached hydrogen (secondary N) is 1. The lowest BCUT2D eigenvalue weighted by atomic mass is 9.94. The molecule has 1 aromatic carbocycles. The minimum absolute atomic E-state index is 0.0932. The zero-order valence-corrected chi connectivity index (χ0v) is 22.0. The molecule has 0 saturated carbocycles. The maximum absolute atomic E-state index is 13.6. The first-order valence-electron chi connectivity index (χ1n) is 13.0. The van der Waals surface area contributed by atoms with Crippen LogP contribution in [0, 0.1) is 17.8 Å². The Bertz CT molecular complexity index is 808. The van der Waals surface area contributed by atoms with Gasteiger partial charge in [-0.3, -0.25) is 9.59 Å². The molecule has 3 rings (SSSR count). The van der Waals surface area contributed by atoms with Crippen LogP contribution in [-0.2, 0) is 9.59 Å². The molecule has 0 radical (unpaired) electrons. The fourth-order valence-electron chi connectivity index (χ4n) is 4.90.